The third kappa shape index (κ3) is 4.66. The quantitative estimate of drug-likeness (QED) is 0.611. The van der Waals surface area contributed by atoms with Crippen molar-refractivity contribution < 1.29 is 23.7 Å². The normalized spacial score (nSPS) is 15.7. The summed E-state index contributed by atoms with van der Waals surface area (Å²) in [7, 11) is 1.51. The molecule has 1 aliphatic rings. The van der Waals surface area contributed by atoms with Crippen molar-refractivity contribution in [2.24, 2.45) is 5.73 Å². The molecule has 0 saturated heterocycles. The van der Waals surface area contributed by atoms with Crippen LogP contribution >= 0.6 is 11.6 Å². The molecular weight excluding hydrogens is 432 g/mol. The minimum atomic E-state index is -0.765. The summed E-state index contributed by atoms with van der Waals surface area (Å²) >= 11 is 6.20. The van der Waals surface area contributed by atoms with E-state index in [2.05, 4.69) is 6.07 Å². The van der Waals surface area contributed by atoms with Crippen LogP contribution in [0.15, 0.2) is 65.3 Å². The molecule has 7 nitrogen and oxygen atoms in total. The molecule has 1 heterocycles. The summed E-state index contributed by atoms with van der Waals surface area (Å²) in [5, 5.41) is 10.3. The minimum Gasteiger partial charge on any atom is -0.493 e. The summed E-state index contributed by atoms with van der Waals surface area (Å²) in [6, 6.07) is 14.6. The highest BCUT2D eigenvalue weighted by Gasteiger charge is 2.36. The van der Waals surface area contributed by atoms with Gasteiger partial charge in [0.25, 0.3) is 0 Å². The van der Waals surface area contributed by atoms with Gasteiger partial charge >= 0.3 is 5.97 Å². The van der Waals surface area contributed by atoms with E-state index in [1.54, 1.807) is 38.1 Å². The van der Waals surface area contributed by atoms with E-state index in [1.165, 1.54) is 7.11 Å². The zero-order valence-electron chi connectivity index (χ0n) is 18.0. The van der Waals surface area contributed by atoms with Gasteiger partial charge in [-0.2, -0.15) is 5.26 Å². The molecule has 166 valence electrons. The number of nitriles is 1. The number of esters is 1. The largest absolute Gasteiger partial charge is 0.493 e. The van der Waals surface area contributed by atoms with Crippen molar-refractivity contribution in [2.45, 2.75) is 26.4 Å². The van der Waals surface area contributed by atoms with Gasteiger partial charge in [-0.25, -0.2) is 4.79 Å². The van der Waals surface area contributed by atoms with Crippen molar-refractivity contribution in [3.8, 4) is 17.6 Å². The number of ether oxygens (including phenoxy) is 4. The van der Waals surface area contributed by atoms with Crippen LogP contribution in [0.2, 0.25) is 5.02 Å². The number of hydrogen-bond acceptors (Lipinski definition) is 7. The van der Waals surface area contributed by atoms with Crippen LogP contribution in [-0.4, -0.2) is 19.7 Å². The molecule has 1 atom stereocenters. The van der Waals surface area contributed by atoms with Gasteiger partial charge in [-0.05, 0) is 37.6 Å². The SMILES string of the molecule is CCOC(=O)C1=C(C)OC(N)=C(C#N)C1c1ccc(OCc2ccccc2Cl)c(OC)c1. The van der Waals surface area contributed by atoms with E-state index in [1.807, 2.05) is 18.2 Å². The van der Waals surface area contributed by atoms with E-state index >= 15 is 0 Å². The molecule has 0 spiro atoms. The second kappa shape index (κ2) is 10.1. The maximum atomic E-state index is 12.7. The lowest BCUT2D eigenvalue weighted by Gasteiger charge is -2.27. The molecule has 0 radical (unpaired) electrons. The zero-order valence-corrected chi connectivity index (χ0v) is 18.7. The molecule has 0 amide bonds. The van der Waals surface area contributed by atoms with Crippen molar-refractivity contribution >= 4 is 17.6 Å². The Bertz CT molecular complexity index is 1130. The van der Waals surface area contributed by atoms with Crippen LogP contribution in [0.25, 0.3) is 0 Å². The summed E-state index contributed by atoms with van der Waals surface area (Å²) in [6.07, 6.45) is 0. The second-order valence-corrected chi connectivity index (χ2v) is 7.31. The molecule has 2 aromatic carbocycles. The zero-order chi connectivity index (χ0) is 23.3. The Kier molecular flexibility index (Phi) is 7.29. The molecule has 1 aliphatic heterocycles. The van der Waals surface area contributed by atoms with Crippen LogP contribution < -0.4 is 15.2 Å². The van der Waals surface area contributed by atoms with Gasteiger partial charge in [-0.1, -0.05) is 35.9 Å². The van der Waals surface area contributed by atoms with Crippen LogP contribution in [0.1, 0.15) is 30.9 Å². The topological polar surface area (TPSA) is 104 Å². The summed E-state index contributed by atoms with van der Waals surface area (Å²) in [5.74, 6) is -0.202. The molecule has 0 saturated carbocycles. The third-order valence-electron chi connectivity index (χ3n) is 4.96. The van der Waals surface area contributed by atoms with Crippen LogP contribution in [-0.2, 0) is 20.9 Å². The van der Waals surface area contributed by atoms with Gasteiger partial charge in [0.1, 0.15) is 24.0 Å². The van der Waals surface area contributed by atoms with Gasteiger partial charge in [0.05, 0.1) is 25.2 Å². The van der Waals surface area contributed by atoms with E-state index < -0.39 is 11.9 Å². The fourth-order valence-electron chi connectivity index (χ4n) is 3.44. The molecular formula is C24H23ClN2O5. The number of methoxy groups -OCH3 is 1. The van der Waals surface area contributed by atoms with Crippen molar-refractivity contribution in [3.05, 3.63) is 81.4 Å². The van der Waals surface area contributed by atoms with Gasteiger partial charge in [0, 0.05) is 10.6 Å². The summed E-state index contributed by atoms with van der Waals surface area (Å²) < 4.78 is 22.1. The van der Waals surface area contributed by atoms with Crippen molar-refractivity contribution in [2.75, 3.05) is 13.7 Å². The maximum Gasteiger partial charge on any atom is 0.338 e. The number of allylic oxidation sites excluding steroid dienone is 2. The Morgan fingerprint density at radius 3 is 2.66 bits per heavy atom. The average Bonchev–Trinajstić information content (AvgIpc) is 2.78. The fourth-order valence-corrected chi connectivity index (χ4v) is 3.63. The van der Waals surface area contributed by atoms with Crippen LogP contribution in [0.3, 0.4) is 0 Å². The number of nitrogens with two attached hydrogens (primary N) is 1. The van der Waals surface area contributed by atoms with E-state index in [0.29, 0.717) is 22.1 Å². The Morgan fingerprint density at radius 1 is 1.25 bits per heavy atom. The Hall–Kier alpha value is -3.63. The minimum absolute atomic E-state index is 0.0546. The summed E-state index contributed by atoms with van der Waals surface area (Å²) in [5.41, 5.74) is 7.72. The lowest BCUT2D eigenvalue weighted by Crippen LogP contribution is -2.25. The lowest BCUT2D eigenvalue weighted by molar-refractivity contribution is -0.139. The number of carbonyl (C=O) groups is 1. The van der Waals surface area contributed by atoms with E-state index in [9.17, 15) is 10.1 Å². The molecule has 0 aromatic heterocycles. The van der Waals surface area contributed by atoms with Gasteiger partial charge in [-0.15, -0.1) is 0 Å². The lowest BCUT2D eigenvalue weighted by atomic mass is 9.83. The molecule has 2 aromatic rings. The smallest absolute Gasteiger partial charge is 0.338 e. The predicted molar refractivity (Wildman–Crippen MR) is 119 cm³/mol. The highest BCUT2D eigenvalue weighted by atomic mass is 35.5. The third-order valence-corrected chi connectivity index (χ3v) is 5.33. The van der Waals surface area contributed by atoms with Gasteiger partial charge in [0.15, 0.2) is 11.5 Å². The summed E-state index contributed by atoms with van der Waals surface area (Å²) in [6.45, 7) is 3.74. The standard InChI is InChI=1S/C24H23ClN2O5/c1-4-30-24(28)21-14(2)32-23(27)17(12-26)22(21)15-9-10-19(20(11-15)29-3)31-13-16-7-5-6-8-18(16)25/h5-11,22H,4,13,27H2,1-3H3. The van der Waals surface area contributed by atoms with Crippen molar-refractivity contribution in [3.63, 3.8) is 0 Å². The Labute approximate surface area is 191 Å². The first-order chi connectivity index (χ1) is 15.4. The highest BCUT2D eigenvalue weighted by molar-refractivity contribution is 6.31. The van der Waals surface area contributed by atoms with Crippen LogP contribution in [0.4, 0.5) is 0 Å². The van der Waals surface area contributed by atoms with E-state index in [-0.39, 0.29) is 36.0 Å². The fraction of sp³-hybridized carbons (Fsp3) is 0.250. The van der Waals surface area contributed by atoms with Crippen molar-refractivity contribution in [1.82, 2.24) is 0 Å². The summed E-state index contributed by atoms with van der Waals surface area (Å²) in [4.78, 5) is 12.7. The molecule has 1 unspecified atom stereocenters. The first-order valence-corrected chi connectivity index (χ1v) is 10.3. The number of nitrogens with zero attached hydrogens (tertiary/aromatic N) is 1. The molecule has 0 aliphatic carbocycles. The van der Waals surface area contributed by atoms with E-state index in [4.69, 9.17) is 36.3 Å². The first-order valence-electron chi connectivity index (χ1n) is 9.90. The van der Waals surface area contributed by atoms with Crippen molar-refractivity contribution in [1.29, 1.82) is 5.26 Å². The number of rotatable bonds is 7. The highest BCUT2D eigenvalue weighted by Crippen LogP contribution is 2.42. The monoisotopic (exact) mass is 454 g/mol. The molecule has 8 heteroatoms. The van der Waals surface area contributed by atoms with Gasteiger partial charge in [-0.3, -0.25) is 0 Å². The van der Waals surface area contributed by atoms with Gasteiger partial charge in [0.2, 0.25) is 5.88 Å². The Balaban J connectivity index is 1.99. The molecule has 2 N–H and O–H groups in total. The van der Waals surface area contributed by atoms with Crippen LogP contribution in [0, 0.1) is 11.3 Å². The number of carbonyl (C=O) groups excluding carboxylic acids is 1. The molecule has 0 fully saturated rings. The first kappa shape index (κ1) is 23.0. The van der Waals surface area contributed by atoms with Crippen LogP contribution in [0.5, 0.6) is 11.5 Å². The molecule has 32 heavy (non-hydrogen) atoms. The maximum absolute atomic E-state index is 12.7. The molecule has 0 bridgehead atoms. The van der Waals surface area contributed by atoms with Gasteiger partial charge < -0.3 is 24.7 Å². The second-order valence-electron chi connectivity index (χ2n) is 6.91. The number of benzene rings is 2. The Morgan fingerprint density at radius 2 is 2.00 bits per heavy atom. The van der Waals surface area contributed by atoms with E-state index in [0.717, 1.165) is 5.56 Å². The molecule has 3 rings (SSSR count). The number of hydrogen-bond donors (Lipinski definition) is 1. The predicted octanol–water partition coefficient (Wildman–Crippen LogP) is 4.57. The number of halogens is 1. The average molecular weight is 455 g/mol.